The molecule has 0 atom stereocenters. The van der Waals surface area contributed by atoms with E-state index < -0.39 is 0 Å². The number of rotatable bonds is 12. The number of nitrogens with zero attached hydrogens (tertiary/aromatic N) is 4. The maximum Gasteiger partial charge on any atom is 0.328 e. The number of amides is 2. The first kappa shape index (κ1) is 25.1. The Morgan fingerprint density at radius 3 is 2.16 bits per heavy atom. The Kier molecular flexibility index (Phi) is 10.5. The molecule has 0 aliphatic rings. The van der Waals surface area contributed by atoms with Gasteiger partial charge in [-0.3, -0.25) is 14.8 Å². The lowest BCUT2D eigenvalue weighted by molar-refractivity contribution is 0.209. The van der Waals surface area contributed by atoms with Crippen LogP contribution in [0.2, 0.25) is 0 Å². The molecule has 0 heterocycles. The van der Waals surface area contributed by atoms with E-state index in [0.717, 1.165) is 49.5 Å². The number of urea groups is 1. The smallest absolute Gasteiger partial charge is 0.328 e. The molecule has 32 heavy (non-hydrogen) atoms. The monoisotopic (exact) mass is 436 g/mol. The van der Waals surface area contributed by atoms with Crippen molar-refractivity contribution in [3.8, 4) is 5.75 Å². The molecule has 0 fully saturated rings. The lowest BCUT2D eigenvalue weighted by Gasteiger charge is -2.23. The van der Waals surface area contributed by atoms with Crippen LogP contribution < -0.4 is 9.64 Å². The van der Waals surface area contributed by atoms with Gasteiger partial charge in [0.05, 0.1) is 5.70 Å². The Labute approximate surface area is 192 Å². The zero-order chi connectivity index (χ0) is 23.3. The third-order valence-electron chi connectivity index (χ3n) is 5.12. The summed E-state index contributed by atoms with van der Waals surface area (Å²) >= 11 is 0. The van der Waals surface area contributed by atoms with Crippen molar-refractivity contribution in [3.63, 3.8) is 0 Å². The lowest BCUT2D eigenvalue weighted by atomic mass is 10.1. The van der Waals surface area contributed by atoms with Crippen molar-refractivity contribution in [1.29, 1.82) is 0 Å². The van der Waals surface area contributed by atoms with Crippen molar-refractivity contribution in [2.75, 3.05) is 45.2 Å². The molecule has 0 N–H and O–H groups in total. The van der Waals surface area contributed by atoms with Crippen LogP contribution in [0.5, 0.6) is 5.75 Å². The number of carbonyl (C=O) groups excluding carboxylic acids is 1. The summed E-state index contributed by atoms with van der Waals surface area (Å²) in [6, 6.07) is 17.1. The molecule has 2 aromatic carbocycles. The molecule has 0 saturated carbocycles. The van der Waals surface area contributed by atoms with E-state index in [4.69, 9.17) is 4.74 Å². The average molecular weight is 437 g/mol. The topological polar surface area (TPSA) is 48.4 Å². The molecule has 0 radical (unpaired) electrons. The molecule has 6 nitrogen and oxygen atoms in total. The lowest BCUT2D eigenvalue weighted by Crippen LogP contribution is -2.35. The number of anilines is 1. The summed E-state index contributed by atoms with van der Waals surface area (Å²) in [5.41, 5.74) is 2.31. The third-order valence-corrected chi connectivity index (χ3v) is 5.12. The van der Waals surface area contributed by atoms with E-state index in [1.165, 1.54) is 4.90 Å². The van der Waals surface area contributed by atoms with Crippen LogP contribution in [-0.4, -0.2) is 62.9 Å². The SMILES string of the molecule is C=NC(=CN(C)C(=O)N(C)c1ccccc1)c1ccc(OCCN(CCC)CCC)cc1. The van der Waals surface area contributed by atoms with Crippen molar-refractivity contribution >= 4 is 24.1 Å². The van der Waals surface area contributed by atoms with Gasteiger partial charge in [0.25, 0.3) is 0 Å². The number of benzene rings is 2. The number of para-hydroxylation sites is 1. The van der Waals surface area contributed by atoms with Crippen LogP contribution >= 0.6 is 0 Å². The second-order valence-electron chi connectivity index (χ2n) is 7.67. The fourth-order valence-corrected chi connectivity index (χ4v) is 3.43. The highest BCUT2D eigenvalue weighted by atomic mass is 16.5. The van der Waals surface area contributed by atoms with Crippen LogP contribution in [0.25, 0.3) is 5.70 Å². The third kappa shape index (κ3) is 7.54. The van der Waals surface area contributed by atoms with Gasteiger partial charge >= 0.3 is 6.03 Å². The number of carbonyl (C=O) groups is 1. The first-order valence-corrected chi connectivity index (χ1v) is 11.2. The average Bonchev–Trinajstić information content (AvgIpc) is 2.82. The molecular formula is C26H36N4O2. The van der Waals surface area contributed by atoms with E-state index in [-0.39, 0.29) is 6.03 Å². The zero-order valence-electron chi connectivity index (χ0n) is 19.8. The fourth-order valence-electron chi connectivity index (χ4n) is 3.43. The van der Waals surface area contributed by atoms with Crippen molar-refractivity contribution in [2.24, 2.45) is 4.99 Å². The van der Waals surface area contributed by atoms with Crippen LogP contribution in [0, 0.1) is 0 Å². The molecule has 2 aromatic rings. The molecule has 0 saturated heterocycles. The molecule has 0 bridgehead atoms. The Morgan fingerprint density at radius 2 is 1.59 bits per heavy atom. The van der Waals surface area contributed by atoms with Gasteiger partial charge in [0.2, 0.25) is 0 Å². The Balaban J connectivity index is 1.99. The summed E-state index contributed by atoms with van der Waals surface area (Å²) in [7, 11) is 3.46. The molecule has 2 amide bonds. The standard InChI is InChI=1S/C26H36N4O2/c1-6-17-30(18-7-2)19-20-32-24-15-13-22(14-16-24)25(27-3)21-28(4)26(31)29(5)23-11-9-8-10-12-23/h8-16,21H,3,6-7,17-20H2,1-2,4-5H3. The number of hydrogen-bond donors (Lipinski definition) is 0. The van der Waals surface area contributed by atoms with Gasteiger partial charge in [-0.25, -0.2) is 4.79 Å². The minimum Gasteiger partial charge on any atom is -0.492 e. The first-order valence-electron chi connectivity index (χ1n) is 11.2. The maximum absolute atomic E-state index is 12.8. The molecular weight excluding hydrogens is 400 g/mol. The predicted octanol–water partition coefficient (Wildman–Crippen LogP) is 5.37. The number of hydrogen-bond acceptors (Lipinski definition) is 4. The van der Waals surface area contributed by atoms with Gasteiger partial charge in [-0.2, -0.15) is 0 Å². The van der Waals surface area contributed by atoms with Crippen molar-refractivity contribution < 1.29 is 9.53 Å². The molecule has 0 aromatic heterocycles. The van der Waals surface area contributed by atoms with Gasteiger partial charge in [-0.1, -0.05) is 32.0 Å². The Hall–Kier alpha value is -3.12. The first-order chi connectivity index (χ1) is 15.5. The minimum atomic E-state index is -0.166. The van der Waals surface area contributed by atoms with E-state index in [1.807, 2.05) is 54.6 Å². The summed E-state index contributed by atoms with van der Waals surface area (Å²) in [6.45, 7) is 11.8. The fraction of sp³-hybridized carbons (Fsp3) is 0.385. The summed E-state index contributed by atoms with van der Waals surface area (Å²) in [4.78, 5) is 22.4. The highest BCUT2D eigenvalue weighted by Crippen LogP contribution is 2.21. The molecule has 172 valence electrons. The molecule has 0 aliphatic carbocycles. The van der Waals surface area contributed by atoms with Crippen LogP contribution in [-0.2, 0) is 0 Å². The number of aliphatic imine (C=N–C) groups is 1. The maximum atomic E-state index is 12.8. The van der Waals surface area contributed by atoms with Crippen LogP contribution in [0.3, 0.4) is 0 Å². The van der Waals surface area contributed by atoms with Crippen LogP contribution in [0.4, 0.5) is 10.5 Å². The zero-order valence-corrected chi connectivity index (χ0v) is 19.8. The molecule has 0 spiro atoms. The minimum absolute atomic E-state index is 0.166. The van der Waals surface area contributed by atoms with Gasteiger partial charge in [-0.05, 0) is 69.0 Å². The van der Waals surface area contributed by atoms with Gasteiger partial charge in [0.1, 0.15) is 12.4 Å². The molecule has 0 unspecified atom stereocenters. The normalized spacial score (nSPS) is 11.3. The molecule has 6 heteroatoms. The van der Waals surface area contributed by atoms with E-state index in [0.29, 0.717) is 12.3 Å². The second-order valence-corrected chi connectivity index (χ2v) is 7.67. The van der Waals surface area contributed by atoms with Crippen molar-refractivity contribution in [1.82, 2.24) is 9.80 Å². The highest BCUT2D eigenvalue weighted by molar-refractivity contribution is 5.92. The second kappa shape index (κ2) is 13.3. The molecule has 0 aliphatic heterocycles. The predicted molar refractivity (Wildman–Crippen MR) is 134 cm³/mol. The summed E-state index contributed by atoms with van der Waals surface area (Å²) in [6.07, 6.45) is 3.99. The van der Waals surface area contributed by atoms with E-state index >= 15 is 0 Å². The van der Waals surface area contributed by atoms with Gasteiger partial charge in [0.15, 0.2) is 0 Å². The Bertz CT molecular complexity index is 859. The quantitative estimate of drug-likeness (QED) is 0.420. The van der Waals surface area contributed by atoms with E-state index in [2.05, 4.69) is 30.5 Å². The van der Waals surface area contributed by atoms with Crippen molar-refractivity contribution in [3.05, 3.63) is 66.4 Å². The highest BCUT2D eigenvalue weighted by Gasteiger charge is 2.15. The van der Waals surface area contributed by atoms with Crippen molar-refractivity contribution in [2.45, 2.75) is 26.7 Å². The van der Waals surface area contributed by atoms with Crippen LogP contribution in [0.1, 0.15) is 32.3 Å². The number of ether oxygens (including phenoxy) is 1. The van der Waals surface area contributed by atoms with Crippen LogP contribution in [0.15, 0.2) is 65.8 Å². The molecule has 2 rings (SSSR count). The summed E-state index contributed by atoms with van der Waals surface area (Å²) < 4.78 is 5.92. The summed E-state index contributed by atoms with van der Waals surface area (Å²) in [5, 5.41) is 0. The summed E-state index contributed by atoms with van der Waals surface area (Å²) in [5.74, 6) is 0.818. The van der Waals surface area contributed by atoms with Gasteiger partial charge in [0, 0.05) is 38.1 Å². The van der Waals surface area contributed by atoms with Gasteiger partial charge in [-0.15, -0.1) is 0 Å². The van der Waals surface area contributed by atoms with E-state index in [1.54, 1.807) is 25.2 Å². The Morgan fingerprint density at radius 1 is 0.969 bits per heavy atom. The largest absolute Gasteiger partial charge is 0.492 e. The van der Waals surface area contributed by atoms with Gasteiger partial charge < -0.3 is 9.64 Å². The van der Waals surface area contributed by atoms with E-state index in [9.17, 15) is 4.79 Å².